The van der Waals surface area contributed by atoms with Crippen molar-refractivity contribution in [3.63, 3.8) is 0 Å². The minimum Gasteiger partial charge on any atom is -0.444 e. The molecule has 2 aromatic rings. The van der Waals surface area contributed by atoms with Gasteiger partial charge in [0.25, 0.3) is 0 Å². The highest BCUT2D eigenvalue weighted by molar-refractivity contribution is 7.92. The first-order chi connectivity index (χ1) is 14.6. The summed E-state index contributed by atoms with van der Waals surface area (Å²) in [6.45, 7) is 5.38. The topological polar surface area (TPSA) is 137 Å². The zero-order valence-electron chi connectivity index (χ0n) is 17.4. The second-order valence-corrected chi connectivity index (χ2v) is 8.75. The summed E-state index contributed by atoms with van der Waals surface area (Å²) in [5.74, 6) is 0.149. The second-order valence-electron chi connectivity index (χ2n) is 8.23. The lowest BCUT2D eigenvalue weighted by molar-refractivity contribution is -0.384. The molecule has 0 aliphatic heterocycles. The molecule has 1 aliphatic carbocycles. The van der Waals surface area contributed by atoms with E-state index in [1.54, 1.807) is 20.8 Å². The predicted octanol–water partition coefficient (Wildman–Crippen LogP) is 3.88. The third kappa shape index (κ3) is 6.26. The molecule has 11 nitrogen and oxygen atoms in total. The number of amides is 1. The van der Waals surface area contributed by atoms with Gasteiger partial charge in [-0.25, -0.2) is 14.8 Å². The van der Waals surface area contributed by atoms with Gasteiger partial charge in [-0.1, -0.05) is 0 Å². The number of carbonyl (C=O) groups is 1. The molecule has 168 valence electrons. The van der Waals surface area contributed by atoms with Gasteiger partial charge in [0.1, 0.15) is 29.5 Å². The lowest BCUT2D eigenvalue weighted by atomic mass is 9.91. The Kier molecular flexibility index (Phi) is 6.93. The van der Waals surface area contributed by atoms with Crippen LogP contribution in [0.25, 0.3) is 11.5 Å². The van der Waals surface area contributed by atoms with Gasteiger partial charge in [-0.15, -0.1) is 8.98 Å². The molecule has 0 spiro atoms. The normalized spacial score (nSPS) is 19.0. The van der Waals surface area contributed by atoms with E-state index in [-0.39, 0.29) is 47.3 Å². The number of carbonyl (C=O) groups excluding carboxylic acids is 1. The average molecular weight is 454 g/mol. The Morgan fingerprint density at radius 1 is 1.35 bits per heavy atom. The summed E-state index contributed by atoms with van der Waals surface area (Å²) in [4.78, 5) is 31.0. The van der Waals surface area contributed by atoms with Crippen LogP contribution in [0.4, 0.5) is 20.1 Å². The zero-order chi connectivity index (χ0) is 22.6. The van der Waals surface area contributed by atoms with Gasteiger partial charge in [0.15, 0.2) is 12.3 Å². The van der Waals surface area contributed by atoms with Gasteiger partial charge in [-0.2, -0.15) is 4.09 Å². The molecule has 1 aliphatic rings. The van der Waals surface area contributed by atoms with Crippen molar-refractivity contribution in [1.82, 2.24) is 24.5 Å². The smallest absolute Gasteiger partial charge is 0.407 e. The Bertz CT molecular complexity index is 949. The molecular formula is C18H24FN7O4S. The van der Waals surface area contributed by atoms with Crippen molar-refractivity contribution < 1.29 is 18.3 Å². The molecule has 0 radical (unpaired) electrons. The number of anilines is 1. The van der Waals surface area contributed by atoms with Crippen LogP contribution < -0.4 is 10.6 Å². The molecule has 1 amide bonds. The van der Waals surface area contributed by atoms with Crippen LogP contribution in [0.2, 0.25) is 0 Å². The summed E-state index contributed by atoms with van der Waals surface area (Å²) in [5, 5.41) is 21.4. The monoisotopic (exact) mass is 453 g/mol. The Morgan fingerprint density at radius 3 is 2.74 bits per heavy atom. The van der Waals surface area contributed by atoms with Crippen LogP contribution in [-0.2, 0) is 4.74 Å². The maximum Gasteiger partial charge on any atom is 0.407 e. The molecule has 0 saturated heterocycles. The van der Waals surface area contributed by atoms with Crippen LogP contribution in [0.1, 0.15) is 46.5 Å². The second kappa shape index (κ2) is 9.45. The van der Waals surface area contributed by atoms with Crippen molar-refractivity contribution in [2.45, 2.75) is 64.1 Å². The van der Waals surface area contributed by atoms with Gasteiger partial charge in [0.05, 0.1) is 4.92 Å². The number of ether oxygens (including phenoxy) is 1. The van der Waals surface area contributed by atoms with Crippen LogP contribution in [0.3, 0.4) is 0 Å². The standard InChI is InChI=1S/C18H24FN7O4S/c1-18(2,3)30-17(27)23-12-6-4-5-11(7-12)22-13-8-14(20-9-15(13)26(28)29)16-21-10-25(24-16)31-19/h8-12H,4-7H2,1-3H3,(H,20,22)(H,23,27). The maximum absolute atomic E-state index is 12.6. The van der Waals surface area contributed by atoms with E-state index in [0.29, 0.717) is 6.42 Å². The molecule has 2 aromatic heterocycles. The molecule has 13 heteroatoms. The lowest BCUT2D eigenvalue weighted by Crippen LogP contribution is -2.43. The summed E-state index contributed by atoms with van der Waals surface area (Å²) in [6.07, 6.45) is 4.83. The fourth-order valence-corrected chi connectivity index (χ4v) is 3.57. The van der Waals surface area contributed by atoms with E-state index in [1.165, 1.54) is 12.4 Å². The molecular weight excluding hydrogens is 429 g/mol. The average Bonchev–Trinajstić information content (AvgIpc) is 3.16. The number of nitro groups is 1. The molecule has 0 aromatic carbocycles. The van der Waals surface area contributed by atoms with E-state index >= 15 is 0 Å². The van der Waals surface area contributed by atoms with E-state index in [9.17, 15) is 18.8 Å². The molecule has 1 saturated carbocycles. The third-order valence-electron chi connectivity index (χ3n) is 4.61. The number of pyridine rings is 1. The van der Waals surface area contributed by atoms with Crippen molar-refractivity contribution in [3.05, 3.63) is 28.7 Å². The highest BCUT2D eigenvalue weighted by Gasteiger charge is 2.27. The zero-order valence-corrected chi connectivity index (χ0v) is 18.2. The Morgan fingerprint density at radius 2 is 2.10 bits per heavy atom. The van der Waals surface area contributed by atoms with E-state index in [1.807, 2.05) is 0 Å². The number of hydrogen-bond donors (Lipinski definition) is 2. The first-order valence-electron chi connectivity index (χ1n) is 9.76. The quantitative estimate of drug-likeness (QED) is 0.493. The summed E-state index contributed by atoms with van der Waals surface area (Å²) >= 11 is -0.120. The van der Waals surface area contributed by atoms with Gasteiger partial charge in [-0.05, 0) is 52.5 Å². The molecule has 2 unspecified atom stereocenters. The van der Waals surface area contributed by atoms with Crippen molar-refractivity contribution in [3.8, 4) is 11.5 Å². The molecule has 3 rings (SSSR count). The number of hydrogen-bond acceptors (Lipinski definition) is 9. The summed E-state index contributed by atoms with van der Waals surface area (Å²) < 4.78 is 18.9. The van der Waals surface area contributed by atoms with E-state index in [0.717, 1.165) is 29.5 Å². The van der Waals surface area contributed by atoms with Crippen molar-refractivity contribution in [1.29, 1.82) is 0 Å². The first-order valence-corrected chi connectivity index (χ1v) is 10.4. The largest absolute Gasteiger partial charge is 0.444 e. The highest BCUT2D eigenvalue weighted by atomic mass is 32.2. The van der Waals surface area contributed by atoms with Gasteiger partial charge < -0.3 is 15.4 Å². The molecule has 1 fully saturated rings. The summed E-state index contributed by atoms with van der Waals surface area (Å²) in [5.41, 5.74) is -0.237. The van der Waals surface area contributed by atoms with Gasteiger partial charge in [-0.3, -0.25) is 10.1 Å². The molecule has 2 heterocycles. The molecule has 2 N–H and O–H groups in total. The van der Waals surface area contributed by atoms with Crippen LogP contribution in [0.5, 0.6) is 0 Å². The van der Waals surface area contributed by atoms with Crippen LogP contribution in [0, 0.1) is 10.1 Å². The first kappa shape index (κ1) is 22.7. The summed E-state index contributed by atoms with van der Waals surface area (Å²) in [6, 6.07) is 1.26. The lowest BCUT2D eigenvalue weighted by Gasteiger charge is -2.31. The van der Waals surface area contributed by atoms with Crippen LogP contribution >= 0.6 is 12.3 Å². The molecule has 31 heavy (non-hydrogen) atoms. The van der Waals surface area contributed by atoms with E-state index < -0.39 is 16.6 Å². The van der Waals surface area contributed by atoms with E-state index in [4.69, 9.17) is 4.74 Å². The van der Waals surface area contributed by atoms with E-state index in [2.05, 4.69) is 25.7 Å². The maximum atomic E-state index is 12.6. The van der Waals surface area contributed by atoms with Gasteiger partial charge in [0.2, 0.25) is 5.82 Å². The minimum atomic E-state index is -0.591. The number of halogens is 1. The highest BCUT2D eigenvalue weighted by Crippen LogP contribution is 2.31. The number of nitrogens with one attached hydrogen (secondary N) is 2. The molecule has 0 bridgehead atoms. The van der Waals surface area contributed by atoms with Crippen molar-refractivity contribution in [2.75, 3.05) is 5.32 Å². The van der Waals surface area contributed by atoms with Crippen LogP contribution in [0.15, 0.2) is 18.6 Å². The third-order valence-corrected chi connectivity index (χ3v) is 4.92. The SMILES string of the molecule is CC(C)(C)OC(=O)NC1CCCC(Nc2cc(-c3ncn(SF)n3)ncc2[N+](=O)[O-])C1. The van der Waals surface area contributed by atoms with Crippen LogP contribution in [-0.4, -0.2) is 47.9 Å². The predicted molar refractivity (Wildman–Crippen MR) is 113 cm³/mol. The minimum absolute atomic E-state index is 0.102. The Hall–Kier alpha value is -2.96. The number of rotatable bonds is 6. The summed E-state index contributed by atoms with van der Waals surface area (Å²) in [7, 11) is 0. The number of alkyl carbamates (subject to hydrolysis) is 1. The Balaban J connectivity index is 1.73. The van der Waals surface area contributed by atoms with Crippen molar-refractivity contribution >= 4 is 29.8 Å². The van der Waals surface area contributed by atoms with Crippen molar-refractivity contribution in [2.24, 2.45) is 0 Å². The Labute approximate surface area is 182 Å². The fraction of sp³-hybridized carbons (Fsp3) is 0.556. The number of nitrogens with zero attached hydrogens (tertiary/aromatic N) is 5. The fourth-order valence-electron chi connectivity index (χ4n) is 3.38. The number of aromatic nitrogens is 4. The van der Waals surface area contributed by atoms with Gasteiger partial charge in [0, 0.05) is 12.1 Å². The molecule has 2 atom stereocenters. The van der Waals surface area contributed by atoms with Gasteiger partial charge >= 0.3 is 11.8 Å².